The molecule has 0 bridgehead atoms. The number of aliphatic imine (C=N–C) groups is 1. The third-order valence-corrected chi connectivity index (χ3v) is 2.69. The fraction of sp³-hybridized carbons (Fsp3) is 0.909. The van der Waals surface area contributed by atoms with Crippen LogP contribution in [0.3, 0.4) is 0 Å². The Bertz CT molecular complexity index is 246. The van der Waals surface area contributed by atoms with Gasteiger partial charge in [0, 0.05) is 6.54 Å². The highest BCUT2D eigenvalue weighted by Crippen LogP contribution is 2.12. The van der Waals surface area contributed by atoms with Crippen LogP contribution in [0.1, 0.15) is 32.6 Å². The molecular formula is C11H21NO4S. The van der Waals surface area contributed by atoms with Gasteiger partial charge >= 0.3 is 0 Å². The molecule has 0 fully saturated rings. The molecule has 0 radical (unpaired) electrons. The number of aliphatic hydroxyl groups is 4. The van der Waals surface area contributed by atoms with Crippen molar-refractivity contribution in [3.05, 3.63) is 0 Å². The Morgan fingerprint density at radius 2 is 1.59 bits per heavy atom. The molecule has 0 heterocycles. The van der Waals surface area contributed by atoms with Crippen LogP contribution >= 0.6 is 12.2 Å². The minimum Gasteiger partial charge on any atom is -0.390 e. The number of nitrogens with zero attached hydrogens (tertiary/aromatic N) is 1. The first-order chi connectivity index (χ1) is 8.04. The van der Waals surface area contributed by atoms with E-state index in [0.29, 0.717) is 25.8 Å². The van der Waals surface area contributed by atoms with Gasteiger partial charge in [-0.2, -0.15) is 0 Å². The molecule has 6 heteroatoms. The highest BCUT2D eigenvalue weighted by molar-refractivity contribution is 7.78. The van der Waals surface area contributed by atoms with Gasteiger partial charge in [0.25, 0.3) is 0 Å². The summed E-state index contributed by atoms with van der Waals surface area (Å²) in [6.07, 6.45) is -2.83. The van der Waals surface area contributed by atoms with Crippen LogP contribution in [0.5, 0.6) is 0 Å². The van der Waals surface area contributed by atoms with Gasteiger partial charge in [0.05, 0.1) is 17.4 Å². The van der Waals surface area contributed by atoms with Crippen LogP contribution in [0.2, 0.25) is 0 Å². The number of hydrogen-bond acceptors (Lipinski definition) is 6. The lowest BCUT2D eigenvalue weighted by Gasteiger charge is -2.26. The normalized spacial score (nSPS) is 17.9. The molecule has 100 valence electrons. The van der Waals surface area contributed by atoms with Crippen molar-refractivity contribution in [1.29, 1.82) is 0 Å². The van der Waals surface area contributed by atoms with Gasteiger partial charge in [0.15, 0.2) is 0 Å². The van der Waals surface area contributed by atoms with Crippen molar-refractivity contribution in [2.75, 3.05) is 6.54 Å². The van der Waals surface area contributed by atoms with Gasteiger partial charge < -0.3 is 20.4 Å². The van der Waals surface area contributed by atoms with Gasteiger partial charge in [0.2, 0.25) is 0 Å². The topological polar surface area (TPSA) is 93.3 Å². The number of aliphatic hydroxyl groups excluding tert-OH is 4. The minimum atomic E-state index is -1.34. The van der Waals surface area contributed by atoms with Crippen LogP contribution in [0.25, 0.3) is 0 Å². The van der Waals surface area contributed by atoms with Gasteiger partial charge in [-0.05, 0) is 31.5 Å². The molecule has 0 unspecified atom stereocenters. The highest BCUT2D eigenvalue weighted by atomic mass is 32.1. The van der Waals surface area contributed by atoms with Gasteiger partial charge in [-0.1, -0.05) is 13.3 Å². The van der Waals surface area contributed by atoms with E-state index in [2.05, 4.69) is 22.4 Å². The second-order valence-corrected chi connectivity index (χ2v) is 4.20. The van der Waals surface area contributed by atoms with Crippen molar-refractivity contribution in [3.8, 4) is 0 Å². The van der Waals surface area contributed by atoms with Crippen LogP contribution in [0.4, 0.5) is 0 Å². The summed E-state index contributed by atoms with van der Waals surface area (Å²) in [6, 6.07) is 0. The summed E-state index contributed by atoms with van der Waals surface area (Å²) < 4.78 is 0. The zero-order chi connectivity index (χ0) is 13.3. The van der Waals surface area contributed by atoms with E-state index >= 15 is 0 Å². The van der Waals surface area contributed by atoms with E-state index in [9.17, 15) is 20.4 Å². The van der Waals surface area contributed by atoms with Gasteiger partial charge in [-0.15, -0.1) is 0 Å². The Morgan fingerprint density at radius 3 is 2.06 bits per heavy atom. The Hall–Kier alpha value is -0.360. The van der Waals surface area contributed by atoms with Crippen molar-refractivity contribution in [2.24, 2.45) is 4.99 Å². The van der Waals surface area contributed by atoms with Crippen molar-refractivity contribution in [3.63, 3.8) is 0 Å². The smallest absolute Gasteiger partial charge is 0.108 e. The monoisotopic (exact) mass is 263 g/mol. The van der Waals surface area contributed by atoms with Gasteiger partial charge in [-0.25, -0.2) is 4.99 Å². The van der Waals surface area contributed by atoms with E-state index in [1.807, 2.05) is 6.92 Å². The molecule has 0 rings (SSSR count). The summed E-state index contributed by atoms with van der Waals surface area (Å²) in [5.74, 6) is 0. The lowest BCUT2D eigenvalue weighted by molar-refractivity contribution is -0.108. The predicted molar refractivity (Wildman–Crippen MR) is 68.1 cm³/mol. The second kappa shape index (κ2) is 9.65. The maximum atomic E-state index is 9.61. The highest BCUT2D eigenvalue weighted by Gasteiger charge is 2.29. The molecule has 0 aromatic carbocycles. The van der Waals surface area contributed by atoms with Crippen LogP contribution in [-0.2, 0) is 0 Å². The predicted octanol–water partition coefficient (Wildman–Crippen LogP) is 0.113. The molecule has 0 amide bonds. The third-order valence-electron chi connectivity index (χ3n) is 2.56. The lowest BCUT2D eigenvalue weighted by atomic mass is 9.97. The van der Waals surface area contributed by atoms with E-state index in [1.54, 1.807) is 0 Å². The molecule has 4 N–H and O–H groups in total. The van der Waals surface area contributed by atoms with E-state index in [1.165, 1.54) is 0 Å². The maximum absolute atomic E-state index is 9.61. The molecule has 0 saturated carbocycles. The number of isothiocyanates is 1. The summed E-state index contributed by atoms with van der Waals surface area (Å²) in [6.45, 7) is 2.29. The van der Waals surface area contributed by atoms with Gasteiger partial charge in [0.1, 0.15) is 12.2 Å². The minimum absolute atomic E-state index is 0.289. The first kappa shape index (κ1) is 16.6. The third kappa shape index (κ3) is 6.83. The Kier molecular flexibility index (Phi) is 9.44. The number of thiocarbonyl (C=S) groups is 1. The number of hydrogen-bond donors (Lipinski definition) is 4. The van der Waals surface area contributed by atoms with E-state index < -0.39 is 24.4 Å². The van der Waals surface area contributed by atoms with Crippen molar-refractivity contribution in [2.45, 2.75) is 57.0 Å². The molecular weight excluding hydrogens is 242 g/mol. The van der Waals surface area contributed by atoms with Gasteiger partial charge in [-0.3, -0.25) is 0 Å². The molecule has 4 atom stereocenters. The number of rotatable bonds is 9. The molecule has 0 aromatic heterocycles. The molecule has 17 heavy (non-hydrogen) atoms. The van der Waals surface area contributed by atoms with E-state index in [0.717, 1.165) is 0 Å². The van der Waals surface area contributed by atoms with Crippen molar-refractivity contribution >= 4 is 17.4 Å². The average Bonchev–Trinajstić information content (AvgIpc) is 2.32. The Balaban J connectivity index is 4.00. The molecule has 0 aliphatic carbocycles. The largest absolute Gasteiger partial charge is 0.390 e. The van der Waals surface area contributed by atoms with Crippen LogP contribution in [0.15, 0.2) is 4.99 Å². The van der Waals surface area contributed by atoms with Crippen molar-refractivity contribution in [1.82, 2.24) is 0 Å². The molecule has 0 spiro atoms. The Morgan fingerprint density at radius 1 is 1.06 bits per heavy atom. The molecule has 0 saturated heterocycles. The molecule has 0 aliphatic heterocycles. The first-order valence-corrected chi connectivity index (χ1v) is 6.21. The maximum Gasteiger partial charge on any atom is 0.108 e. The fourth-order valence-corrected chi connectivity index (χ4v) is 1.61. The summed E-state index contributed by atoms with van der Waals surface area (Å²) in [7, 11) is 0. The average molecular weight is 263 g/mol. The zero-order valence-corrected chi connectivity index (χ0v) is 10.8. The fourth-order valence-electron chi connectivity index (χ4n) is 1.52. The summed E-state index contributed by atoms with van der Waals surface area (Å²) >= 11 is 4.39. The zero-order valence-electron chi connectivity index (χ0n) is 9.99. The second-order valence-electron chi connectivity index (χ2n) is 4.02. The summed E-state index contributed by atoms with van der Waals surface area (Å²) in [5, 5.41) is 40.5. The standard InChI is InChI=1S/C11H21NO4S/c1-2-4-8(13)10(15)11(16)9(14)5-3-6-12-7-17/h8-11,13-16H,2-6H2,1H3/t8-,9+,10-,11+/m0/s1. The molecule has 5 nitrogen and oxygen atoms in total. The molecule has 0 aromatic rings. The van der Waals surface area contributed by atoms with Crippen LogP contribution in [-0.4, -0.2) is 56.5 Å². The lowest BCUT2D eigenvalue weighted by Crippen LogP contribution is -2.44. The van der Waals surface area contributed by atoms with E-state index in [4.69, 9.17) is 0 Å². The van der Waals surface area contributed by atoms with E-state index in [-0.39, 0.29) is 6.42 Å². The quantitative estimate of drug-likeness (QED) is 0.269. The first-order valence-electron chi connectivity index (χ1n) is 5.80. The summed E-state index contributed by atoms with van der Waals surface area (Å²) in [5.41, 5.74) is 0. The Labute approximate surface area is 107 Å². The van der Waals surface area contributed by atoms with Crippen molar-refractivity contribution < 1.29 is 20.4 Å². The van der Waals surface area contributed by atoms with Crippen LogP contribution < -0.4 is 0 Å². The SMILES string of the molecule is CCC[C@H](O)[C@H](O)[C@H](O)[C@H](O)CCCN=C=S. The van der Waals surface area contributed by atoms with Crippen LogP contribution in [0, 0.1) is 0 Å². The molecule has 0 aliphatic rings. The summed E-state index contributed by atoms with van der Waals surface area (Å²) in [4.78, 5) is 3.67.